The fraction of sp³-hybridized carbons (Fsp3) is 0.615. The first kappa shape index (κ1) is 13.5. The fourth-order valence-corrected chi connectivity index (χ4v) is 2.63. The van der Waals surface area contributed by atoms with Crippen LogP contribution in [0.3, 0.4) is 0 Å². The summed E-state index contributed by atoms with van der Waals surface area (Å²) in [5.41, 5.74) is 0. The standard InChI is InChI=1S/C13H19NO3S/c1-9-7-14(6-5-11(9)15)13(16)12-4-3-10(17-12)8-18-2/h3-4,9,11,15H,5-8H2,1-2H3. The molecule has 0 radical (unpaired) electrons. The zero-order chi connectivity index (χ0) is 13.1. The predicted molar refractivity (Wildman–Crippen MR) is 71.6 cm³/mol. The highest BCUT2D eigenvalue weighted by Gasteiger charge is 2.28. The summed E-state index contributed by atoms with van der Waals surface area (Å²) in [6.45, 7) is 3.16. The van der Waals surface area contributed by atoms with Crippen LogP contribution >= 0.6 is 11.8 Å². The third kappa shape index (κ3) is 2.90. The summed E-state index contributed by atoms with van der Waals surface area (Å²) in [5, 5.41) is 9.66. The zero-order valence-corrected chi connectivity index (χ0v) is 11.6. The van der Waals surface area contributed by atoms with Crippen LogP contribution in [-0.4, -0.2) is 41.4 Å². The van der Waals surface area contributed by atoms with E-state index in [0.717, 1.165) is 11.5 Å². The van der Waals surface area contributed by atoms with Gasteiger partial charge in [-0.1, -0.05) is 6.92 Å². The molecule has 1 saturated heterocycles. The van der Waals surface area contributed by atoms with Crippen molar-refractivity contribution < 1.29 is 14.3 Å². The van der Waals surface area contributed by atoms with Gasteiger partial charge in [-0.05, 0) is 30.7 Å². The highest BCUT2D eigenvalue weighted by Crippen LogP contribution is 2.20. The molecule has 4 nitrogen and oxygen atoms in total. The molecule has 1 aromatic heterocycles. The van der Waals surface area contributed by atoms with Crippen LogP contribution in [0.4, 0.5) is 0 Å². The van der Waals surface area contributed by atoms with E-state index in [1.807, 2.05) is 19.2 Å². The molecule has 1 amide bonds. The van der Waals surface area contributed by atoms with E-state index in [1.54, 1.807) is 22.7 Å². The Labute approximate surface area is 111 Å². The summed E-state index contributed by atoms with van der Waals surface area (Å²) in [7, 11) is 0. The number of amides is 1. The second-order valence-electron chi connectivity index (χ2n) is 4.78. The van der Waals surface area contributed by atoms with Crippen molar-refractivity contribution in [3.05, 3.63) is 23.7 Å². The first-order valence-electron chi connectivity index (χ1n) is 6.16. The molecule has 2 heterocycles. The van der Waals surface area contributed by atoms with E-state index in [4.69, 9.17) is 4.42 Å². The van der Waals surface area contributed by atoms with Crippen molar-refractivity contribution in [3.8, 4) is 0 Å². The molecule has 1 aliphatic heterocycles. The van der Waals surface area contributed by atoms with Gasteiger partial charge in [0.2, 0.25) is 0 Å². The van der Waals surface area contributed by atoms with Crippen LogP contribution in [0.2, 0.25) is 0 Å². The fourth-order valence-electron chi connectivity index (χ4n) is 2.19. The van der Waals surface area contributed by atoms with Crippen molar-refractivity contribution in [2.45, 2.75) is 25.2 Å². The van der Waals surface area contributed by atoms with Crippen LogP contribution in [0.5, 0.6) is 0 Å². The number of nitrogens with zero attached hydrogens (tertiary/aromatic N) is 1. The van der Waals surface area contributed by atoms with Crippen LogP contribution in [0.15, 0.2) is 16.5 Å². The molecular weight excluding hydrogens is 250 g/mol. The summed E-state index contributed by atoms with van der Waals surface area (Å²) in [6.07, 6.45) is 2.35. The number of carbonyl (C=O) groups is 1. The van der Waals surface area contributed by atoms with E-state index in [0.29, 0.717) is 25.3 Å². The number of hydrogen-bond acceptors (Lipinski definition) is 4. The van der Waals surface area contributed by atoms with Crippen molar-refractivity contribution in [2.24, 2.45) is 5.92 Å². The number of hydrogen-bond donors (Lipinski definition) is 1. The molecule has 0 aliphatic carbocycles. The summed E-state index contributed by atoms with van der Waals surface area (Å²) in [4.78, 5) is 14.0. The van der Waals surface area contributed by atoms with Gasteiger partial charge in [0.1, 0.15) is 5.76 Å². The lowest BCUT2D eigenvalue weighted by Crippen LogP contribution is -2.44. The largest absolute Gasteiger partial charge is 0.455 e. The van der Waals surface area contributed by atoms with Crippen molar-refractivity contribution in [2.75, 3.05) is 19.3 Å². The molecule has 2 rings (SSSR count). The maximum absolute atomic E-state index is 12.2. The zero-order valence-electron chi connectivity index (χ0n) is 10.8. The maximum atomic E-state index is 12.2. The van der Waals surface area contributed by atoms with Crippen molar-refractivity contribution in [3.63, 3.8) is 0 Å². The molecule has 0 saturated carbocycles. The summed E-state index contributed by atoms with van der Waals surface area (Å²) in [6, 6.07) is 3.59. The number of thioether (sulfide) groups is 1. The van der Waals surface area contributed by atoms with E-state index in [-0.39, 0.29) is 17.9 Å². The lowest BCUT2D eigenvalue weighted by atomic mass is 9.96. The van der Waals surface area contributed by atoms with Crippen LogP contribution in [0, 0.1) is 5.92 Å². The van der Waals surface area contributed by atoms with Gasteiger partial charge in [0.05, 0.1) is 11.9 Å². The van der Waals surface area contributed by atoms with Crippen LogP contribution in [-0.2, 0) is 5.75 Å². The first-order chi connectivity index (χ1) is 8.61. The third-order valence-corrected chi connectivity index (χ3v) is 3.88. The normalized spacial score (nSPS) is 24.3. The lowest BCUT2D eigenvalue weighted by Gasteiger charge is -2.33. The van der Waals surface area contributed by atoms with Crippen LogP contribution in [0.25, 0.3) is 0 Å². The number of likely N-dealkylation sites (tertiary alicyclic amines) is 1. The van der Waals surface area contributed by atoms with E-state index in [2.05, 4.69) is 0 Å². The average Bonchev–Trinajstić information content (AvgIpc) is 2.81. The van der Waals surface area contributed by atoms with Gasteiger partial charge in [0.25, 0.3) is 5.91 Å². The number of furan rings is 1. The number of piperidine rings is 1. The molecule has 1 fully saturated rings. The Kier molecular flexibility index (Phi) is 4.35. The number of aliphatic hydroxyl groups excluding tert-OH is 1. The van der Waals surface area contributed by atoms with E-state index in [9.17, 15) is 9.90 Å². The summed E-state index contributed by atoms with van der Waals surface area (Å²) >= 11 is 1.66. The highest BCUT2D eigenvalue weighted by atomic mass is 32.2. The third-order valence-electron chi connectivity index (χ3n) is 3.31. The molecule has 0 spiro atoms. The Morgan fingerprint density at radius 3 is 3.06 bits per heavy atom. The van der Waals surface area contributed by atoms with Gasteiger partial charge in [-0.3, -0.25) is 4.79 Å². The topological polar surface area (TPSA) is 53.7 Å². The van der Waals surface area contributed by atoms with Crippen molar-refractivity contribution >= 4 is 17.7 Å². The monoisotopic (exact) mass is 269 g/mol. The number of rotatable bonds is 3. The number of carbonyl (C=O) groups excluding carboxylic acids is 1. The quantitative estimate of drug-likeness (QED) is 0.911. The SMILES string of the molecule is CSCc1ccc(C(=O)N2CCC(O)C(C)C2)o1. The molecular formula is C13H19NO3S. The van der Waals surface area contributed by atoms with Gasteiger partial charge in [0, 0.05) is 13.1 Å². The van der Waals surface area contributed by atoms with Gasteiger partial charge < -0.3 is 14.4 Å². The number of aliphatic hydroxyl groups is 1. The lowest BCUT2D eigenvalue weighted by molar-refractivity contribution is 0.0279. The van der Waals surface area contributed by atoms with E-state index in [1.165, 1.54) is 0 Å². The minimum Gasteiger partial charge on any atom is -0.455 e. The Hall–Kier alpha value is -0.940. The van der Waals surface area contributed by atoms with E-state index < -0.39 is 0 Å². The molecule has 18 heavy (non-hydrogen) atoms. The molecule has 0 aromatic carbocycles. The van der Waals surface area contributed by atoms with Crippen molar-refractivity contribution in [1.29, 1.82) is 0 Å². The Morgan fingerprint density at radius 1 is 1.61 bits per heavy atom. The molecule has 0 bridgehead atoms. The molecule has 5 heteroatoms. The Bertz CT molecular complexity index is 418. The molecule has 100 valence electrons. The molecule has 1 aromatic rings. The van der Waals surface area contributed by atoms with Gasteiger partial charge in [0.15, 0.2) is 5.76 Å². The van der Waals surface area contributed by atoms with Crippen LogP contribution < -0.4 is 0 Å². The average molecular weight is 269 g/mol. The van der Waals surface area contributed by atoms with Gasteiger partial charge in [-0.2, -0.15) is 11.8 Å². The van der Waals surface area contributed by atoms with Crippen LogP contribution in [0.1, 0.15) is 29.7 Å². The maximum Gasteiger partial charge on any atom is 0.289 e. The second-order valence-corrected chi connectivity index (χ2v) is 5.65. The van der Waals surface area contributed by atoms with Gasteiger partial charge in [-0.15, -0.1) is 0 Å². The highest BCUT2D eigenvalue weighted by molar-refractivity contribution is 7.97. The summed E-state index contributed by atoms with van der Waals surface area (Å²) in [5.74, 6) is 2.07. The molecule has 2 unspecified atom stereocenters. The Balaban J connectivity index is 2.02. The van der Waals surface area contributed by atoms with E-state index >= 15 is 0 Å². The molecule has 1 aliphatic rings. The Morgan fingerprint density at radius 2 is 2.39 bits per heavy atom. The molecule has 2 atom stereocenters. The minimum atomic E-state index is -0.294. The molecule has 1 N–H and O–H groups in total. The van der Waals surface area contributed by atoms with Gasteiger partial charge in [-0.25, -0.2) is 0 Å². The predicted octanol–water partition coefficient (Wildman–Crippen LogP) is 1.99. The first-order valence-corrected chi connectivity index (χ1v) is 7.56. The summed E-state index contributed by atoms with van der Waals surface area (Å²) < 4.78 is 5.53. The second kappa shape index (κ2) is 5.80. The minimum absolute atomic E-state index is 0.0684. The smallest absolute Gasteiger partial charge is 0.289 e. The van der Waals surface area contributed by atoms with Gasteiger partial charge >= 0.3 is 0 Å². The van der Waals surface area contributed by atoms with Crippen molar-refractivity contribution in [1.82, 2.24) is 4.90 Å².